The van der Waals surface area contributed by atoms with Crippen molar-refractivity contribution in [2.75, 3.05) is 0 Å². The number of amides is 1. The van der Waals surface area contributed by atoms with Gasteiger partial charge >= 0.3 is 0 Å². The number of rotatable bonds is 6. The first kappa shape index (κ1) is 21.3. The monoisotopic (exact) mass is 521 g/mol. The summed E-state index contributed by atoms with van der Waals surface area (Å²) in [5.41, 5.74) is 9.38. The molecule has 0 radical (unpaired) electrons. The largest absolute Gasteiger partial charge is 0.342 e. The lowest BCUT2D eigenvalue weighted by molar-refractivity contribution is -0.120. The molecule has 0 saturated carbocycles. The molecule has 0 aliphatic heterocycles. The van der Waals surface area contributed by atoms with Crippen molar-refractivity contribution in [1.29, 1.82) is 0 Å². The lowest BCUT2D eigenvalue weighted by Gasteiger charge is -2.05. The number of hydrogen-bond donors (Lipinski definition) is 1. The smallest absolute Gasteiger partial charge is 0.244 e. The van der Waals surface area contributed by atoms with Crippen LogP contribution in [0, 0.1) is 17.4 Å². The minimum absolute atomic E-state index is 0.120. The van der Waals surface area contributed by atoms with Crippen LogP contribution in [-0.4, -0.2) is 16.7 Å². The summed E-state index contributed by atoms with van der Waals surface area (Å²) in [7, 11) is 0. The van der Waals surface area contributed by atoms with E-state index in [1.807, 2.05) is 31.2 Å². The van der Waals surface area contributed by atoms with Gasteiger partial charge in [0.2, 0.25) is 5.91 Å². The minimum atomic E-state index is -0.120. The summed E-state index contributed by atoms with van der Waals surface area (Å²) in [5.74, 6) is -0.120. The molecule has 4 rings (SSSR count). The first-order valence-electron chi connectivity index (χ1n) is 10.2. The van der Waals surface area contributed by atoms with Gasteiger partial charge in [-0.1, -0.05) is 54.1 Å². The molecule has 0 bridgehead atoms. The fourth-order valence-electron chi connectivity index (χ4n) is 3.73. The van der Waals surface area contributed by atoms with Crippen LogP contribution >= 0.6 is 22.6 Å². The van der Waals surface area contributed by atoms with Crippen LogP contribution in [0.3, 0.4) is 0 Å². The third-order valence-electron chi connectivity index (χ3n) is 5.33. The number of aromatic nitrogens is 1. The Labute approximate surface area is 196 Å². The van der Waals surface area contributed by atoms with Gasteiger partial charge in [-0.15, -0.1) is 0 Å². The number of benzene rings is 3. The van der Waals surface area contributed by atoms with E-state index >= 15 is 0 Å². The SMILES string of the molecule is Cc1ccc(CC(=O)N/N=C/c2cn(Cc3ccc(I)cc3)c3ccccc23)c(C)c1. The zero-order valence-electron chi connectivity index (χ0n) is 17.6. The van der Waals surface area contributed by atoms with E-state index in [1.54, 1.807) is 6.21 Å². The average molecular weight is 521 g/mol. The minimum Gasteiger partial charge on any atom is -0.342 e. The van der Waals surface area contributed by atoms with Gasteiger partial charge in [0.15, 0.2) is 0 Å². The Morgan fingerprint density at radius 2 is 1.84 bits per heavy atom. The highest BCUT2D eigenvalue weighted by Gasteiger charge is 2.08. The number of halogens is 1. The second-order valence-corrected chi connectivity index (χ2v) is 9.00. The van der Waals surface area contributed by atoms with Crippen molar-refractivity contribution < 1.29 is 4.79 Å². The average Bonchev–Trinajstić information content (AvgIpc) is 3.09. The molecule has 5 heteroatoms. The lowest BCUT2D eigenvalue weighted by atomic mass is 10.0. The molecule has 0 aliphatic carbocycles. The van der Waals surface area contributed by atoms with Gasteiger partial charge in [-0.2, -0.15) is 5.10 Å². The van der Waals surface area contributed by atoms with Crippen molar-refractivity contribution in [2.24, 2.45) is 5.10 Å². The number of aryl methyl sites for hydroxylation is 2. The second-order valence-electron chi connectivity index (χ2n) is 7.76. The molecule has 31 heavy (non-hydrogen) atoms. The van der Waals surface area contributed by atoms with E-state index in [1.165, 1.54) is 14.7 Å². The maximum Gasteiger partial charge on any atom is 0.244 e. The van der Waals surface area contributed by atoms with E-state index in [4.69, 9.17) is 0 Å². The lowest BCUT2D eigenvalue weighted by Crippen LogP contribution is -2.20. The highest BCUT2D eigenvalue weighted by Crippen LogP contribution is 2.21. The quantitative estimate of drug-likeness (QED) is 0.200. The van der Waals surface area contributed by atoms with Crippen LogP contribution in [0.2, 0.25) is 0 Å². The molecule has 1 N–H and O–H groups in total. The molecule has 0 saturated heterocycles. The Balaban J connectivity index is 1.49. The molecule has 4 nitrogen and oxygen atoms in total. The molecule has 1 aromatic heterocycles. The molecular weight excluding hydrogens is 497 g/mol. The Bertz CT molecular complexity index is 1260. The van der Waals surface area contributed by atoms with E-state index < -0.39 is 0 Å². The predicted octanol–water partition coefficient (Wildman–Crippen LogP) is 5.60. The standard InChI is InChI=1S/C26H24IN3O/c1-18-7-10-21(19(2)13-18)14-26(31)29-28-15-22-17-30(25-6-4-3-5-24(22)25)16-20-8-11-23(27)12-9-20/h3-13,15,17H,14,16H2,1-2H3,(H,29,31)/b28-15+. The first-order chi connectivity index (χ1) is 15.0. The molecule has 0 atom stereocenters. The van der Waals surface area contributed by atoms with Gasteiger partial charge in [-0.25, -0.2) is 5.43 Å². The molecule has 0 spiro atoms. The molecular formula is C26H24IN3O. The number of hydrazone groups is 1. The van der Waals surface area contributed by atoms with Crippen LogP contribution < -0.4 is 5.43 Å². The first-order valence-corrected chi connectivity index (χ1v) is 11.3. The Morgan fingerprint density at radius 3 is 2.61 bits per heavy atom. The summed E-state index contributed by atoms with van der Waals surface area (Å²) in [6, 6.07) is 22.9. The van der Waals surface area contributed by atoms with Crippen LogP contribution in [0.25, 0.3) is 10.9 Å². The molecule has 1 heterocycles. The highest BCUT2D eigenvalue weighted by atomic mass is 127. The molecule has 0 unspecified atom stereocenters. The highest BCUT2D eigenvalue weighted by molar-refractivity contribution is 14.1. The number of carbonyl (C=O) groups excluding carboxylic acids is 1. The van der Waals surface area contributed by atoms with Crippen molar-refractivity contribution in [1.82, 2.24) is 9.99 Å². The zero-order chi connectivity index (χ0) is 21.8. The van der Waals surface area contributed by atoms with Crippen molar-refractivity contribution in [3.63, 3.8) is 0 Å². The number of hydrogen-bond acceptors (Lipinski definition) is 2. The fourth-order valence-corrected chi connectivity index (χ4v) is 4.09. The molecule has 1 amide bonds. The topological polar surface area (TPSA) is 46.4 Å². The fraction of sp³-hybridized carbons (Fsp3) is 0.154. The zero-order valence-corrected chi connectivity index (χ0v) is 19.8. The van der Waals surface area contributed by atoms with E-state index in [2.05, 4.69) is 93.3 Å². The Morgan fingerprint density at radius 1 is 1.06 bits per heavy atom. The molecule has 4 aromatic rings. The number of nitrogens with one attached hydrogen (secondary N) is 1. The number of para-hydroxylation sites is 1. The maximum atomic E-state index is 12.3. The summed E-state index contributed by atoms with van der Waals surface area (Å²) in [5, 5.41) is 5.34. The van der Waals surface area contributed by atoms with E-state index in [0.29, 0.717) is 6.42 Å². The van der Waals surface area contributed by atoms with Crippen LogP contribution in [0.15, 0.2) is 78.0 Å². The number of carbonyl (C=O) groups is 1. The van der Waals surface area contributed by atoms with E-state index in [9.17, 15) is 4.79 Å². The van der Waals surface area contributed by atoms with Crippen LogP contribution in [0.5, 0.6) is 0 Å². The second kappa shape index (κ2) is 9.47. The van der Waals surface area contributed by atoms with Crippen LogP contribution in [-0.2, 0) is 17.8 Å². The summed E-state index contributed by atoms with van der Waals surface area (Å²) in [6.45, 7) is 4.86. The summed E-state index contributed by atoms with van der Waals surface area (Å²) >= 11 is 2.32. The van der Waals surface area contributed by atoms with Gasteiger partial charge in [-0.3, -0.25) is 4.79 Å². The van der Waals surface area contributed by atoms with Crippen molar-refractivity contribution in [3.05, 3.63) is 104 Å². The molecule has 0 aliphatic rings. The predicted molar refractivity (Wildman–Crippen MR) is 136 cm³/mol. The van der Waals surface area contributed by atoms with Crippen LogP contribution in [0.4, 0.5) is 0 Å². The number of nitrogens with zero attached hydrogens (tertiary/aromatic N) is 2. The summed E-state index contributed by atoms with van der Waals surface area (Å²) in [4.78, 5) is 12.3. The normalized spacial score (nSPS) is 11.3. The Kier molecular flexibility index (Phi) is 6.51. The van der Waals surface area contributed by atoms with E-state index in [0.717, 1.165) is 34.1 Å². The molecule has 3 aromatic carbocycles. The summed E-state index contributed by atoms with van der Waals surface area (Å²) < 4.78 is 3.44. The van der Waals surface area contributed by atoms with E-state index in [-0.39, 0.29) is 5.91 Å². The third kappa shape index (κ3) is 5.22. The van der Waals surface area contributed by atoms with Crippen molar-refractivity contribution in [2.45, 2.75) is 26.8 Å². The van der Waals surface area contributed by atoms with Crippen molar-refractivity contribution >= 4 is 45.6 Å². The van der Waals surface area contributed by atoms with Gasteiger partial charge in [-0.05, 0) is 71.3 Å². The third-order valence-corrected chi connectivity index (χ3v) is 6.05. The van der Waals surface area contributed by atoms with Gasteiger partial charge in [0.1, 0.15) is 0 Å². The Hall–Kier alpha value is -2.93. The molecule has 156 valence electrons. The maximum absolute atomic E-state index is 12.3. The van der Waals surface area contributed by atoms with Crippen molar-refractivity contribution in [3.8, 4) is 0 Å². The number of fused-ring (bicyclic) bond motifs is 1. The van der Waals surface area contributed by atoms with Gasteiger partial charge in [0.05, 0.1) is 12.6 Å². The van der Waals surface area contributed by atoms with Gasteiger partial charge < -0.3 is 4.57 Å². The summed E-state index contributed by atoms with van der Waals surface area (Å²) in [6.07, 6.45) is 4.13. The van der Waals surface area contributed by atoms with Gasteiger partial charge in [0, 0.05) is 32.8 Å². The molecule has 0 fully saturated rings. The van der Waals surface area contributed by atoms with Gasteiger partial charge in [0.25, 0.3) is 0 Å². The van der Waals surface area contributed by atoms with Crippen LogP contribution in [0.1, 0.15) is 27.8 Å².